The third-order valence-corrected chi connectivity index (χ3v) is 5.35. The third kappa shape index (κ3) is 5.59. The number of nitrogens with one attached hydrogen (secondary N) is 3. The lowest BCUT2D eigenvalue weighted by Gasteiger charge is -2.17. The zero-order valence-electron chi connectivity index (χ0n) is 16.8. The van der Waals surface area contributed by atoms with E-state index in [-0.39, 0.29) is 11.7 Å². The molecule has 3 heterocycles. The van der Waals surface area contributed by atoms with Gasteiger partial charge in [-0.3, -0.25) is 20.2 Å². The summed E-state index contributed by atoms with van der Waals surface area (Å²) >= 11 is 1.50. The monoisotopic (exact) mass is 436 g/mol. The van der Waals surface area contributed by atoms with Crippen LogP contribution in [0.1, 0.15) is 17.0 Å². The Morgan fingerprint density at radius 3 is 2.77 bits per heavy atom. The van der Waals surface area contributed by atoms with Gasteiger partial charge in [-0.2, -0.15) is 5.10 Å². The topological polar surface area (TPSA) is 95.6 Å². The molecule has 1 amide bonds. The van der Waals surface area contributed by atoms with Crippen molar-refractivity contribution in [1.82, 2.24) is 25.5 Å². The van der Waals surface area contributed by atoms with E-state index < -0.39 is 6.04 Å². The second kappa shape index (κ2) is 9.59. The number of amides is 1. The molecule has 0 saturated heterocycles. The molecule has 0 aliphatic rings. The molecule has 3 N–H and O–H groups in total. The van der Waals surface area contributed by atoms with Crippen molar-refractivity contribution < 1.29 is 9.18 Å². The van der Waals surface area contributed by atoms with E-state index in [4.69, 9.17) is 0 Å². The Hall–Kier alpha value is -3.43. The van der Waals surface area contributed by atoms with Crippen LogP contribution in [0.25, 0.3) is 11.3 Å². The zero-order chi connectivity index (χ0) is 21.6. The van der Waals surface area contributed by atoms with E-state index in [0.717, 1.165) is 22.5 Å². The standard InChI is InChI=1S/C22H21FN6OS/c1-14-8-16(6-7-24-14)19-10-21(29-28-19)27-22(30)20(25-11-18-12-31-13-26-18)9-15-2-4-17(23)5-3-15/h2-8,10,12-13,20,25H,9,11H2,1H3,(H2,27,28,29,30)/t20-/m0/s1. The minimum absolute atomic E-state index is 0.222. The SMILES string of the molecule is Cc1cc(-c2cc(NC(=O)[C@H](Cc3ccc(F)cc3)NCc3cscn3)[nH]n2)ccn1. The van der Waals surface area contributed by atoms with Crippen LogP contribution >= 0.6 is 11.3 Å². The van der Waals surface area contributed by atoms with Crippen molar-refractivity contribution >= 4 is 23.1 Å². The number of halogens is 1. The highest BCUT2D eigenvalue weighted by Gasteiger charge is 2.20. The van der Waals surface area contributed by atoms with E-state index in [1.54, 1.807) is 29.9 Å². The second-order valence-electron chi connectivity index (χ2n) is 7.09. The Morgan fingerprint density at radius 2 is 2.03 bits per heavy atom. The van der Waals surface area contributed by atoms with Crippen molar-refractivity contribution in [2.24, 2.45) is 0 Å². The van der Waals surface area contributed by atoms with Crippen molar-refractivity contribution in [1.29, 1.82) is 0 Å². The van der Waals surface area contributed by atoms with Crippen molar-refractivity contribution in [3.63, 3.8) is 0 Å². The highest BCUT2D eigenvalue weighted by Crippen LogP contribution is 2.20. The number of hydrogen-bond donors (Lipinski definition) is 3. The smallest absolute Gasteiger partial charge is 0.243 e. The Labute approximate surface area is 182 Å². The van der Waals surface area contributed by atoms with Crippen LogP contribution in [0.15, 0.2) is 59.6 Å². The lowest BCUT2D eigenvalue weighted by atomic mass is 10.0. The maximum atomic E-state index is 13.3. The van der Waals surface area contributed by atoms with Crippen LogP contribution in [0, 0.1) is 12.7 Å². The number of pyridine rings is 1. The van der Waals surface area contributed by atoms with Crippen LogP contribution in [-0.2, 0) is 17.8 Å². The first-order chi connectivity index (χ1) is 15.1. The summed E-state index contributed by atoms with van der Waals surface area (Å²) in [5, 5.41) is 15.2. The minimum atomic E-state index is -0.540. The molecule has 9 heteroatoms. The molecule has 0 radical (unpaired) electrons. The highest BCUT2D eigenvalue weighted by molar-refractivity contribution is 7.07. The van der Waals surface area contributed by atoms with E-state index in [9.17, 15) is 9.18 Å². The molecule has 0 unspecified atom stereocenters. The molecule has 31 heavy (non-hydrogen) atoms. The first-order valence-electron chi connectivity index (χ1n) is 9.71. The number of H-pyrrole nitrogens is 1. The normalized spacial score (nSPS) is 11.9. The summed E-state index contributed by atoms with van der Waals surface area (Å²) in [5.74, 6) is -0.0359. The number of aromatic nitrogens is 4. The molecular formula is C22H21FN6OS. The minimum Gasteiger partial charge on any atom is -0.310 e. The second-order valence-corrected chi connectivity index (χ2v) is 7.80. The predicted octanol–water partition coefficient (Wildman–Crippen LogP) is 3.72. The van der Waals surface area contributed by atoms with Gasteiger partial charge < -0.3 is 5.32 Å². The maximum Gasteiger partial charge on any atom is 0.243 e. The molecule has 0 saturated carbocycles. The van der Waals surface area contributed by atoms with Gasteiger partial charge in [0.1, 0.15) is 11.6 Å². The van der Waals surface area contributed by atoms with Gasteiger partial charge in [0.15, 0.2) is 0 Å². The molecule has 0 spiro atoms. The molecule has 4 rings (SSSR count). The number of thiazole rings is 1. The van der Waals surface area contributed by atoms with Crippen molar-refractivity contribution in [3.05, 3.63) is 82.3 Å². The average Bonchev–Trinajstić information content (AvgIpc) is 3.44. The van der Waals surface area contributed by atoms with Crippen molar-refractivity contribution in [2.75, 3.05) is 5.32 Å². The van der Waals surface area contributed by atoms with E-state index in [1.165, 1.54) is 23.5 Å². The highest BCUT2D eigenvalue weighted by atomic mass is 32.1. The largest absolute Gasteiger partial charge is 0.310 e. The van der Waals surface area contributed by atoms with Crippen LogP contribution in [0.3, 0.4) is 0 Å². The lowest BCUT2D eigenvalue weighted by Crippen LogP contribution is -2.42. The lowest BCUT2D eigenvalue weighted by molar-refractivity contribution is -0.118. The summed E-state index contributed by atoms with van der Waals surface area (Å²) < 4.78 is 13.3. The summed E-state index contributed by atoms with van der Waals surface area (Å²) in [7, 11) is 0. The molecule has 1 atom stereocenters. The number of aromatic amines is 1. The number of carbonyl (C=O) groups excluding carboxylic acids is 1. The molecule has 158 valence electrons. The summed E-state index contributed by atoms with van der Waals surface area (Å²) in [6.45, 7) is 2.36. The molecule has 0 fully saturated rings. The quantitative estimate of drug-likeness (QED) is 0.391. The fraction of sp³-hybridized carbons (Fsp3) is 0.182. The molecule has 3 aromatic heterocycles. The van der Waals surface area contributed by atoms with Gasteiger partial charge >= 0.3 is 0 Å². The van der Waals surface area contributed by atoms with Gasteiger partial charge in [0, 0.05) is 35.4 Å². The maximum absolute atomic E-state index is 13.3. The van der Waals surface area contributed by atoms with Crippen molar-refractivity contribution in [2.45, 2.75) is 25.9 Å². The van der Waals surface area contributed by atoms with Crippen LogP contribution in [0.5, 0.6) is 0 Å². The van der Waals surface area contributed by atoms with Gasteiger partial charge in [0.25, 0.3) is 0 Å². The number of aryl methyl sites for hydroxylation is 1. The number of rotatable bonds is 8. The molecule has 4 aromatic rings. The van der Waals surface area contributed by atoms with E-state index in [1.807, 2.05) is 24.4 Å². The molecule has 1 aromatic carbocycles. The number of anilines is 1. The molecular weight excluding hydrogens is 415 g/mol. The van der Waals surface area contributed by atoms with E-state index in [2.05, 4.69) is 30.8 Å². The van der Waals surface area contributed by atoms with E-state index >= 15 is 0 Å². The first-order valence-corrected chi connectivity index (χ1v) is 10.7. The molecule has 0 bridgehead atoms. The van der Waals surface area contributed by atoms with Crippen LogP contribution in [0.2, 0.25) is 0 Å². The van der Waals surface area contributed by atoms with Gasteiger partial charge in [0.05, 0.1) is 22.9 Å². The summed E-state index contributed by atoms with van der Waals surface area (Å²) in [6, 6.07) is 11.2. The fourth-order valence-electron chi connectivity index (χ4n) is 3.12. The number of hydrogen-bond acceptors (Lipinski definition) is 6. The third-order valence-electron chi connectivity index (χ3n) is 4.71. The molecule has 0 aliphatic carbocycles. The fourth-order valence-corrected chi connectivity index (χ4v) is 3.68. The van der Waals surface area contributed by atoms with Gasteiger partial charge in [-0.1, -0.05) is 12.1 Å². The predicted molar refractivity (Wildman–Crippen MR) is 118 cm³/mol. The number of carbonyl (C=O) groups is 1. The van der Waals surface area contributed by atoms with Gasteiger partial charge in [0.2, 0.25) is 5.91 Å². The van der Waals surface area contributed by atoms with Gasteiger partial charge in [-0.05, 0) is 43.2 Å². The molecule has 0 aliphatic heterocycles. The van der Waals surface area contributed by atoms with Gasteiger partial charge in [-0.15, -0.1) is 11.3 Å². The summed E-state index contributed by atoms with van der Waals surface area (Å²) in [5.41, 5.74) is 5.97. The Bertz CT molecular complexity index is 1140. The summed E-state index contributed by atoms with van der Waals surface area (Å²) in [4.78, 5) is 21.5. The van der Waals surface area contributed by atoms with E-state index in [0.29, 0.717) is 24.5 Å². The Kier molecular flexibility index (Phi) is 6.44. The average molecular weight is 437 g/mol. The Morgan fingerprint density at radius 1 is 1.19 bits per heavy atom. The van der Waals surface area contributed by atoms with Crippen LogP contribution in [0.4, 0.5) is 10.2 Å². The van der Waals surface area contributed by atoms with Crippen LogP contribution in [-0.4, -0.2) is 32.1 Å². The number of nitrogens with zero attached hydrogens (tertiary/aromatic N) is 3. The zero-order valence-corrected chi connectivity index (χ0v) is 17.6. The Balaban J connectivity index is 1.47. The first kappa shape index (κ1) is 20.8. The number of benzene rings is 1. The van der Waals surface area contributed by atoms with Crippen LogP contribution < -0.4 is 10.6 Å². The molecule has 7 nitrogen and oxygen atoms in total. The van der Waals surface area contributed by atoms with Crippen molar-refractivity contribution in [3.8, 4) is 11.3 Å². The summed E-state index contributed by atoms with van der Waals surface area (Å²) in [6.07, 6.45) is 2.12. The van der Waals surface area contributed by atoms with Gasteiger partial charge in [-0.25, -0.2) is 9.37 Å².